The molecule has 4 N–H and O–H groups in total. The molecule has 1 fully saturated rings. The van der Waals surface area contributed by atoms with Gasteiger partial charge in [0, 0.05) is 0 Å². The van der Waals surface area contributed by atoms with E-state index in [1.807, 2.05) is 0 Å². The number of ether oxygens (including phenoxy) is 2. The van der Waals surface area contributed by atoms with E-state index in [4.69, 9.17) is 14.6 Å². The van der Waals surface area contributed by atoms with E-state index in [2.05, 4.69) is 0 Å². The van der Waals surface area contributed by atoms with Gasteiger partial charge < -0.3 is 29.9 Å². The summed E-state index contributed by atoms with van der Waals surface area (Å²) in [6.07, 6.45) is -6.06. The van der Waals surface area contributed by atoms with Crippen molar-refractivity contribution in [2.24, 2.45) is 0 Å². The molecule has 1 heterocycles. The van der Waals surface area contributed by atoms with Gasteiger partial charge in [-0.15, -0.1) is 0 Å². The van der Waals surface area contributed by atoms with Crippen LogP contribution >= 0.6 is 0 Å². The molecule has 6 nitrogen and oxygen atoms in total. The Bertz CT molecular complexity index is 224. The zero-order valence-electron chi connectivity index (χ0n) is 9.70. The van der Waals surface area contributed by atoms with Crippen LogP contribution in [-0.4, -0.2) is 63.3 Å². The maximum Gasteiger partial charge on any atom is 0.187 e. The normalized spacial score (nSPS) is 41.1. The van der Waals surface area contributed by atoms with Crippen LogP contribution in [0.5, 0.6) is 0 Å². The van der Waals surface area contributed by atoms with Gasteiger partial charge in [-0.25, -0.2) is 0 Å². The fourth-order valence-corrected chi connectivity index (χ4v) is 1.51. The van der Waals surface area contributed by atoms with Crippen molar-refractivity contribution in [1.82, 2.24) is 0 Å². The van der Waals surface area contributed by atoms with E-state index in [0.717, 1.165) is 0 Å². The molecule has 0 bridgehead atoms. The standard InChI is InChI=1S/C10H20O6/c1-10(2,3)16-9-8(14)7(13)6(12)5(4-11)15-9/h5-9,11-14H,4H2,1-3H3/t5?,6-,7-,8?,9?/m0/s1. The molecule has 0 spiro atoms. The Kier molecular flexibility index (Phi) is 4.28. The van der Waals surface area contributed by atoms with Crippen LogP contribution < -0.4 is 0 Å². The van der Waals surface area contributed by atoms with E-state index in [0.29, 0.717) is 0 Å². The third-order valence-corrected chi connectivity index (χ3v) is 2.32. The minimum atomic E-state index is -1.39. The van der Waals surface area contributed by atoms with Gasteiger partial charge >= 0.3 is 0 Å². The quantitative estimate of drug-likeness (QED) is 0.471. The van der Waals surface area contributed by atoms with Crippen LogP contribution in [0.4, 0.5) is 0 Å². The lowest BCUT2D eigenvalue weighted by molar-refractivity contribution is -0.320. The summed E-state index contributed by atoms with van der Waals surface area (Å²) in [4.78, 5) is 0. The molecule has 1 aliphatic rings. The van der Waals surface area contributed by atoms with Crippen molar-refractivity contribution in [1.29, 1.82) is 0 Å². The lowest BCUT2D eigenvalue weighted by atomic mass is 9.99. The van der Waals surface area contributed by atoms with Gasteiger partial charge in [-0.3, -0.25) is 0 Å². The minimum absolute atomic E-state index is 0.449. The molecule has 3 unspecified atom stereocenters. The van der Waals surface area contributed by atoms with Crippen molar-refractivity contribution in [3.63, 3.8) is 0 Å². The average Bonchev–Trinajstić information content (AvgIpc) is 2.17. The van der Waals surface area contributed by atoms with E-state index in [1.165, 1.54) is 0 Å². The first-order valence-corrected chi connectivity index (χ1v) is 5.24. The molecule has 1 saturated heterocycles. The number of aliphatic hydroxyl groups is 4. The Balaban J connectivity index is 2.71. The van der Waals surface area contributed by atoms with E-state index < -0.39 is 42.9 Å². The first kappa shape index (κ1) is 13.8. The van der Waals surface area contributed by atoms with Crippen molar-refractivity contribution < 1.29 is 29.9 Å². The maximum atomic E-state index is 9.64. The average molecular weight is 236 g/mol. The maximum absolute atomic E-state index is 9.64. The second-order valence-electron chi connectivity index (χ2n) is 4.93. The summed E-state index contributed by atoms with van der Waals surface area (Å²) >= 11 is 0. The summed E-state index contributed by atoms with van der Waals surface area (Å²) in [5.74, 6) is 0. The third-order valence-electron chi connectivity index (χ3n) is 2.32. The predicted molar refractivity (Wildman–Crippen MR) is 54.6 cm³/mol. The molecule has 5 atom stereocenters. The molecular weight excluding hydrogens is 216 g/mol. The SMILES string of the molecule is CC(C)(C)OC1OC(CO)[C@H](O)[C@H](O)C1O. The highest BCUT2D eigenvalue weighted by Crippen LogP contribution is 2.25. The van der Waals surface area contributed by atoms with E-state index in [1.54, 1.807) is 20.8 Å². The van der Waals surface area contributed by atoms with Gasteiger partial charge in [0.1, 0.15) is 24.4 Å². The Morgan fingerprint density at radius 1 is 1.06 bits per heavy atom. The van der Waals surface area contributed by atoms with Crippen molar-refractivity contribution in [3.8, 4) is 0 Å². The highest BCUT2D eigenvalue weighted by molar-refractivity contribution is 4.89. The molecule has 96 valence electrons. The highest BCUT2D eigenvalue weighted by Gasteiger charge is 2.45. The molecule has 0 aromatic heterocycles. The molecular formula is C10H20O6. The Labute approximate surface area is 94.4 Å². The third kappa shape index (κ3) is 3.13. The van der Waals surface area contributed by atoms with Gasteiger partial charge in [0.15, 0.2) is 6.29 Å². The van der Waals surface area contributed by atoms with Crippen LogP contribution in [0.3, 0.4) is 0 Å². The zero-order valence-corrected chi connectivity index (χ0v) is 9.70. The van der Waals surface area contributed by atoms with Gasteiger partial charge in [0.25, 0.3) is 0 Å². The Morgan fingerprint density at radius 2 is 1.62 bits per heavy atom. The highest BCUT2D eigenvalue weighted by atomic mass is 16.7. The number of rotatable bonds is 2. The second-order valence-corrected chi connectivity index (χ2v) is 4.93. The summed E-state index contributed by atoms with van der Waals surface area (Å²) < 4.78 is 10.6. The monoisotopic (exact) mass is 236 g/mol. The van der Waals surface area contributed by atoms with Gasteiger partial charge in [0.05, 0.1) is 12.2 Å². The van der Waals surface area contributed by atoms with Gasteiger partial charge in [0.2, 0.25) is 0 Å². The molecule has 0 aromatic carbocycles. The van der Waals surface area contributed by atoms with Crippen LogP contribution in [0.2, 0.25) is 0 Å². The van der Waals surface area contributed by atoms with Crippen molar-refractivity contribution in [2.45, 2.75) is 57.1 Å². The van der Waals surface area contributed by atoms with E-state index in [9.17, 15) is 15.3 Å². The molecule has 0 saturated carbocycles. The zero-order chi connectivity index (χ0) is 12.5. The van der Waals surface area contributed by atoms with Gasteiger partial charge in [-0.05, 0) is 20.8 Å². The lowest BCUT2D eigenvalue weighted by Crippen LogP contribution is -2.60. The Morgan fingerprint density at radius 3 is 2.06 bits per heavy atom. The lowest BCUT2D eigenvalue weighted by Gasteiger charge is -2.41. The molecule has 16 heavy (non-hydrogen) atoms. The number of hydrogen-bond donors (Lipinski definition) is 4. The van der Waals surface area contributed by atoms with Crippen LogP contribution in [0, 0.1) is 0 Å². The molecule has 1 aliphatic heterocycles. The smallest absolute Gasteiger partial charge is 0.187 e. The molecule has 6 heteroatoms. The van der Waals surface area contributed by atoms with Gasteiger partial charge in [-0.2, -0.15) is 0 Å². The fraction of sp³-hybridized carbons (Fsp3) is 1.00. The summed E-state index contributed by atoms with van der Waals surface area (Å²) in [7, 11) is 0. The largest absolute Gasteiger partial charge is 0.394 e. The van der Waals surface area contributed by atoms with E-state index in [-0.39, 0.29) is 0 Å². The summed E-state index contributed by atoms with van der Waals surface area (Å²) in [5, 5.41) is 37.6. The molecule has 0 radical (unpaired) electrons. The molecule has 1 rings (SSSR count). The van der Waals surface area contributed by atoms with Crippen LogP contribution in [0.1, 0.15) is 20.8 Å². The van der Waals surface area contributed by atoms with Crippen LogP contribution in [0.15, 0.2) is 0 Å². The molecule has 0 aromatic rings. The summed E-state index contributed by atoms with van der Waals surface area (Å²) in [6, 6.07) is 0. The van der Waals surface area contributed by atoms with Gasteiger partial charge in [-0.1, -0.05) is 0 Å². The topological polar surface area (TPSA) is 99.4 Å². The molecule has 0 aliphatic carbocycles. The first-order valence-electron chi connectivity index (χ1n) is 5.24. The Hall–Kier alpha value is -0.240. The molecule has 0 amide bonds. The summed E-state index contributed by atoms with van der Waals surface area (Å²) in [6.45, 7) is 4.87. The first-order chi connectivity index (χ1) is 7.26. The number of aliphatic hydroxyl groups excluding tert-OH is 4. The van der Waals surface area contributed by atoms with Crippen LogP contribution in [-0.2, 0) is 9.47 Å². The van der Waals surface area contributed by atoms with Crippen molar-refractivity contribution in [2.75, 3.05) is 6.61 Å². The van der Waals surface area contributed by atoms with Crippen LogP contribution in [0.25, 0.3) is 0 Å². The predicted octanol–water partition coefficient (Wildman–Crippen LogP) is -1.40. The van der Waals surface area contributed by atoms with Crippen molar-refractivity contribution in [3.05, 3.63) is 0 Å². The minimum Gasteiger partial charge on any atom is -0.394 e. The second kappa shape index (κ2) is 4.95. The van der Waals surface area contributed by atoms with Crippen molar-refractivity contribution >= 4 is 0 Å². The fourth-order valence-electron chi connectivity index (χ4n) is 1.51. The van der Waals surface area contributed by atoms with E-state index >= 15 is 0 Å². The number of hydrogen-bond acceptors (Lipinski definition) is 6. The summed E-state index contributed by atoms with van der Waals surface area (Å²) in [5.41, 5.74) is -0.562.